The van der Waals surface area contributed by atoms with Crippen LogP contribution in [0.3, 0.4) is 0 Å². The minimum Gasteiger partial charge on any atom is -0.0623 e. The fourth-order valence-corrected chi connectivity index (χ4v) is 10.6. The van der Waals surface area contributed by atoms with Gasteiger partial charge in [0.2, 0.25) is 0 Å². The van der Waals surface area contributed by atoms with E-state index in [1.54, 1.807) is 0 Å². The van der Waals surface area contributed by atoms with Crippen molar-refractivity contribution in [2.75, 3.05) is 0 Å². The van der Waals surface area contributed by atoms with E-state index in [9.17, 15) is 0 Å². The molecule has 4 aromatic rings. The molecule has 28 heavy (non-hydrogen) atoms. The van der Waals surface area contributed by atoms with Gasteiger partial charge in [0.15, 0.2) is 8.07 Å². The van der Waals surface area contributed by atoms with Crippen molar-refractivity contribution in [3.63, 3.8) is 0 Å². The summed E-state index contributed by atoms with van der Waals surface area (Å²) in [4.78, 5) is 0. The molecule has 1 aliphatic rings. The fourth-order valence-electron chi connectivity index (χ4n) is 5.02. The summed E-state index contributed by atoms with van der Waals surface area (Å²) in [7, 11) is -2.33. The molecule has 1 heteroatoms. The molecule has 0 bridgehead atoms. The summed E-state index contributed by atoms with van der Waals surface area (Å²) in [5, 5.41) is 6.06. The lowest BCUT2D eigenvalue weighted by Gasteiger charge is -2.33. The molecule has 0 unspecified atom stereocenters. The lowest BCUT2D eigenvalue weighted by Crippen LogP contribution is -2.73. The van der Waals surface area contributed by atoms with Gasteiger partial charge in [-0.3, -0.25) is 0 Å². The van der Waals surface area contributed by atoms with E-state index >= 15 is 0 Å². The summed E-state index contributed by atoms with van der Waals surface area (Å²) < 4.78 is 0. The Morgan fingerprint density at radius 3 is 1.54 bits per heavy atom. The molecule has 1 aliphatic heterocycles. The van der Waals surface area contributed by atoms with Crippen molar-refractivity contribution >= 4 is 28.8 Å². The lowest BCUT2D eigenvalue weighted by molar-refractivity contribution is 0.873. The lowest BCUT2D eigenvalue weighted by atomic mass is 10.0. The van der Waals surface area contributed by atoms with Gasteiger partial charge in [-0.25, -0.2) is 0 Å². The summed E-state index contributed by atoms with van der Waals surface area (Å²) in [6.07, 6.45) is 0. The van der Waals surface area contributed by atoms with Crippen LogP contribution in [0.4, 0.5) is 0 Å². The third-order valence-corrected chi connectivity index (χ3v) is 11.1. The van der Waals surface area contributed by atoms with Crippen molar-refractivity contribution < 1.29 is 0 Å². The average Bonchev–Trinajstić information content (AvgIpc) is 3.06. The Hall–Kier alpha value is -2.90. The van der Waals surface area contributed by atoms with Crippen molar-refractivity contribution in [2.24, 2.45) is 0 Å². The van der Waals surface area contributed by atoms with Gasteiger partial charge in [0.05, 0.1) is 0 Å². The molecule has 0 aromatic heterocycles. The highest BCUT2D eigenvalue weighted by atomic mass is 28.3. The van der Waals surface area contributed by atoms with Crippen molar-refractivity contribution in [1.82, 2.24) is 0 Å². The molecule has 5 rings (SSSR count). The molecular weight excluding hydrogens is 352 g/mol. The quantitative estimate of drug-likeness (QED) is 0.415. The SMILES string of the molecule is CC(C)c1ccccc1[Si]1(c2ccccc2)c2ccccc2-c2ccccc21. The largest absolute Gasteiger partial charge is 0.181 e. The van der Waals surface area contributed by atoms with Gasteiger partial charge >= 0.3 is 0 Å². The van der Waals surface area contributed by atoms with Gasteiger partial charge in [-0.15, -0.1) is 0 Å². The summed E-state index contributed by atoms with van der Waals surface area (Å²) in [5.74, 6) is 0.490. The second kappa shape index (κ2) is 6.61. The van der Waals surface area contributed by atoms with Gasteiger partial charge < -0.3 is 0 Å². The van der Waals surface area contributed by atoms with E-state index in [-0.39, 0.29) is 0 Å². The number of hydrogen-bond acceptors (Lipinski definition) is 0. The van der Waals surface area contributed by atoms with E-state index in [1.807, 2.05) is 0 Å². The summed E-state index contributed by atoms with van der Waals surface area (Å²) in [5.41, 5.74) is 4.30. The first-order valence-electron chi connectivity index (χ1n) is 10.1. The van der Waals surface area contributed by atoms with Crippen molar-refractivity contribution in [3.8, 4) is 11.1 Å². The maximum atomic E-state index is 2.40. The van der Waals surface area contributed by atoms with Crippen LogP contribution < -0.4 is 20.7 Å². The van der Waals surface area contributed by atoms with E-state index < -0.39 is 8.07 Å². The predicted octanol–water partition coefficient (Wildman–Crippen LogP) is 4.17. The molecule has 0 spiro atoms. The van der Waals surface area contributed by atoms with E-state index in [0.717, 1.165) is 0 Å². The summed E-state index contributed by atoms with van der Waals surface area (Å²) in [6, 6.07) is 38.6. The zero-order valence-corrected chi connectivity index (χ0v) is 17.4. The predicted molar refractivity (Wildman–Crippen MR) is 123 cm³/mol. The number of fused-ring (bicyclic) bond motifs is 3. The zero-order chi connectivity index (χ0) is 19.1. The molecule has 0 fully saturated rings. The summed E-state index contributed by atoms with van der Waals surface area (Å²) in [6.45, 7) is 4.64. The van der Waals surface area contributed by atoms with Crippen LogP contribution in [-0.2, 0) is 0 Å². The van der Waals surface area contributed by atoms with E-state index in [2.05, 4.69) is 117 Å². The van der Waals surface area contributed by atoms with Gasteiger partial charge in [-0.2, -0.15) is 0 Å². The Morgan fingerprint density at radius 1 is 0.500 bits per heavy atom. The first-order valence-corrected chi connectivity index (χ1v) is 12.1. The topological polar surface area (TPSA) is 0 Å². The standard InChI is InChI=1S/C27H24Si/c1-20(2)22-14-6-9-17-25(22)28(21-12-4-3-5-13-21)26-18-10-7-15-23(26)24-16-8-11-19-27(24)28/h3-20H,1-2H3. The molecule has 0 N–H and O–H groups in total. The highest BCUT2D eigenvalue weighted by Gasteiger charge is 2.49. The Kier molecular flexibility index (Phi) is 4.06. The van der Waals surface area contributed by atoms with Gasteiger partial charge in [0, 0.05) is 0 Å². The smallest absolute Gasteiger partial charge is 0.0623 e. The Bertz CT molecular complexity index is 1100. The van der Waals surface area contributed by atoms with Gasteiger partial charge in [0.25, 0.3) is 0 Å². The molecule has 1 heterocycles. The Labute approximate surface area is 168 Å². The Balaban J connectivity index is 1.99. The molecule has 4 aromatic carbocycles. The van der Waals surface area contributed by atoms with Crippen molar-refractivity contribution in [1.29, 1.82) is 0 Å². The van der Waals surface area contributed by atoms with Crippen molar-refractivity contribution in [2.45, 2.75) is 19.8 Å². The maximum absolute atomic E-state index is 2.40. The third-order valence-electron chi connectivity index (χ3n) is 6.15. The molecule has 0 amide bonds. The van der Waals surface area contributed by atoms with Gasteiger partial charge in [-0.05, 0) is 43.4 Å². The van der Waals surface area contributed by atoms with Crippen LogP contribution in [0.25, 0.3) is 11.1 Å². The monoisotopic (exact) mass is 376 g/mol. The minimum atomic E-state index is -2.33. The summed E-state index contributed by atoms with van der Waals surface area (Å²) >= 11 is 0. The van der Waals surface area contributed by atoms with E-state index in [1.165, 1.54) is 37.4 Å². The molecule has 0 saturated heterocycles. The highest BCUT2D eigenvalue weighted by molar-refractivity contribution is 7.22. The van der Waals surface area contributed by atoms with Crippen molar-refractivity contribution in [3.05, 3.63) is 109 Å². The second-order valence-corrected chi connectivity index (χ2v) is 11.6. The van der Waals surface area contributed by atoms with Crippen LogP contribution in [0.5, 0.6) is 0 Å². The van der Waals surface area contributed by atoms with Gasteiger partial charge in [-0.1, -0.05) is 117 Å². The first kappa shape index (κ1) is 17.2. The number of benzene rings is 4. The Morgan fingerprint density at radius 2 is 0.964 bits per heavy atom. The second-order valence-electron chi connectivity index (χ2n) is 7.95. The van der Waals surface area contributed by atoms with Crippen LogP contribution in [0, 0.1) is 0 Å². The van der Waals surface area contributed by atoms with E-state index in [4.69, 9.17) is 0 Å². The molecule has 0 nitrogen and oxygen atoms in total. The molecule has 0 atom stereocenters. The first-order chi connectivity index (χ1) is 13.7. The van der Waals surface area contributed by atoms with Crippen LogP contribution in [0.2, 0.25) is 0 Å². The maximum Gasteiger partial charge on any atom is 0.181 e. The fraction of sp³-hybridized carbons (Fsp3) is 0.111. The number of rotatable bonds is 3. The van der Waals surface area contributed by atoms with E-state index in [0.29, 0.717) is 5.92 Å². The van der Waals surface area contributed by atoms with Crippen LogP contribution in [0.1, 0.15) is 25.3 Å². The highest BCUT2D eigenvalue weighted by Crippen LogP contribution is 2.29. The molecule has 0 saturated carbocycles. The van der Waals surface area contributed by atoms with Gasteiger partial charge in [0.1, 0.15) is 0 Å². The zero-order valence-electron chi connectivity index (χ0n) is 16.4. The normalized spacial score (nSPS) is 14.0. The molecular formula is C27H24Si. The molecule has 136 valence electrons. The van der Waals surface area contributed by atoms with Crippen LogP contribution in [0.15, 0.2) is 103 Å². The molecule has 0 aliphatic carbocycles. The third kappa shape index (κ3) is 2.30. The number of hydrogen-bond donors (Lipinski definition) is 0. The average molecular weight is 377 g/mol. The van der Waals surface area contributed by atoms with Crippen LogP contribution >= 0.6 is 0 Å². The van der Waals surface area contributed by atoms with Crippen LogP contribution in [-0.4, -0.2) is 8.07 Å². The minimum absolute atomic E-state index is 0.490. The molecule has 0 radical (unpaired) electrons.